The fourth-order valence-corrected chi connectivity index (χ4v) is 2.75. The fourth-order valence-electron chi connectivity index (χ4n) is 1.98. The molecule has 4 N–H and O–H groups in total. The number of nitrogen functional groups attached to an aromatic ring is 1. The lowest BCUT2D eigenvalue weighted by atomic mass is 10.1. The Hall–Kier alpha value is -2.22. The summed E-state index contributed by atoms with van der Waals surface area (Å²) in [7, 11) is 0. The lowest BCUT2D eigenvalue weighted by Gasteiger charge is -2.22. The molecule has 1 saturated heterocycles. The Morgan fingerprint density at radius 2 is 2.26 bits per heavy atom. The van der Waals surface area contributed by atoms with Crippen molar-refractivity contribution in [2.24, 2.45) is 0 Å². The van der Waals surface area contributed by atoms with Crippen LogP contribution >= 0.6 is 11.3 Å². The van der Waals surface area contributed by atoms with Gasteiger partial charge in [-0.3, -0.25) is 14.9 Å². The number of piperidine rings is 1. The molecule has 1 unspecified atom stereocenters. The first-order valence-electron chi connectivity index (χ1n) is 5.74. The number of anilines is 2. The number of nitrogens with zero attached hydrogens (tertiary/aromatic N) is 2. The van der Waals surface area contributed by atoms with Crippen LogP contribution in [-0.2, 0) is 9.59 Å². The molecule has 0 radical (unpaired) electrons. The summed E-state index contributed by atoms with van der Waals surface area (Å²) in [5, 5.41) is 8.03. The molecule has 1 aliphatic rings. The Kier molecular flexibility index (Phi) is 2.79. The number of fused-ring (bicyclic) bond motifs is 1. The largest absolute Gasteiger partial charge is 0.368 e. The number of rotatable bonds is 2. The highest BCUT2D eigenvalue weighted by Crippen LogP contribution is 2.26. The van der Waals surface area contributed by atoms with Gasteiger partial charge in [0.2, 0.25) is 17.8 Å². The highest BCUT2D eigenvalue weighted by Gasteiger charge is 2.27. The highest BCUT2D eigenvalue weighted by molar-refractivity contribution is 7.16. The van der Waals surface area contributed by atoms with E-state index in [2.05, 4.69) is 20.6 Å². The summed E-state index contributed by atoms with van der Waals surface area (Å²) in [4.78, 5) is 31.8. The van der Waals surface area contributed by atoms with E-state index in [1.165, 1.54) is 11.3 Å². The van der Waals surface area contributed by atoms with Gasteiger partial charge < -0.3 is 11.1 Å². The minimum atomic E-state index is -0.477. The smallest absolute Gasteiger partial charge is 0.249 e. The van der Waals surface area contributed by atoms with Gasteiger partial charge in [0.1, 0.15) is 16.7 Å². The van der Waals surface area contributed by atoms with E-state index in [1.54, 1.807) is 0 Å². The number of hydrogen-bond acceptors (Lipinski definition) is 7. The zero-order valence-corrected chi connectivity index (χ0v) is 10.7. The van der Waals surface area contributed by atoms with E-state index in [0.29, 0.717) is 18.7 Å². The SMILES string of the molecule is Nc1nc(NC2CCC(=O)NC2=O)c2ccsc2n1. The minimum Gasteiger partial charge on any atom is -0.368 e. The predicted molar refractivity (Wildman–Crippen MR) is 71.6 cm³/mol. The van der Waals surface area contributed by atoms with Crippen LogP contribution in [0.25, 0.3) is 10.2 Å². The Morgan fingerprint density at radius 3 is 3.05 bits per heavy atom. The molecule has 8 heteroatoms. The molecular weight excluding hydrogens is 266 g/mol. The van der Waals surface area contributed by atoms with Crippen molar-refractivity contribution in [2.45, 2.75) is 18.9 Å². The standard InChI is InChI=1S/C11H11N5O2S/c12-11-15-8(5-3-4-19-10(5)16-11)13-6-1-2-7(17)14-9(6)18/h3-4,6H,1-2H2,(H,14,17,18)(H3,12,13,15,16). The number of hydrogen-bond donors (Lipinski definition) is 3. The van der Waals surface area contributed by atoms with Crippen molar-refractivity contribution < 1.29 is 9.59 Å². The van der Waals surface area contributed by atoms with Crippen LogP contribution in [0.1, 0.15) is 12.8 Å². The third-order valence-corrected chi connectivity index (χ3v) is 3.70. The van der Waals surface area contributed by atoms with Gasteiger partial charge in [-0.05, 0) is 17.9 Å². The van der Waals surface area contributed by atoms with Gasteiger partial charge in [0.05, 0.1) is 5.39 Å². The number of carbonyl (C=O) groups is 2. The van der Waals surface area contributed by atoms with Gasteiger partial charge in [-0.15, -0.1) is 11.3 Å². The second-order valence-electron chi connectivity index (χ2n) is 4.22. The molecule has 0 aromatic carbocycles. The lowest BCUT2D eigenvalue weighted by Crippen LogP contribution is -2.47. The Bertz CT molecular complexity index is 668. The maximum absolute atomic E-state index is 11.7. The summed E-state index contributed by atoms with van der Waals surface area (Å²) >= 11 is 1.45. The Balaban J connectivity index is 1.91. The third kappa shape index (κ3) is 2.22. The minimum absolute atomic E-state index is 0.157. The monoisotopic (exact) mass is 277 g/mol. The average Bonchev–Trinajstić information content (AvgIpc) is 2.80. The van der Waals surface area contributed by atoms with Crippen LogP contribution in [0, 0.1) is 0 Å². The van der Waals surface area contributed by atoms with Crippen LogP contribution in [0.4, 0.5) is 11.8 Å². The fraction of sp³-hybridized carbons (Fsp3) is 0.273. The molecule has 2 amide bonds. The average molecular weight is 277 g/mol. The number of nitrogens with one attached hydrogen (secondary N) is 2. The summed E-state index contributed by atoms with van der Waals surface area (Å²) < 4.78 is 0. The highest BCUT2D eigenvalue weighted by atomic mass is 32.1. The molecule has 3 heterocycles. The van der Waals surface area contributed by atoms with Crippen molar-refractivity contribution in [3.8, 4) is 0 Å². The molecule has 2 aromatic heterocycles. The van der Waals surface area contributed by atoms with E-state index < -0.39 is 6.04 Å². The predicted octanol–water partition coefficient (Wildman–Crippen LogP) is 0.491. The molecule has 19 heavy (non-hydrogen) atoms. The van der Waals surface area contributed by atoms with Gasteiger partial charge >= 0.3 is 0 Å². The zero-order chi connectivity index (χ0) is 13.4. The third-order valence-electron chi connectivity index (χ3n) is 2.89. The van der Waals surface area contributed by atoms with Crippen molar-refractivity contribution in [2.75, 3.05) is 11.1 Å². The normalized spacial score (nSPS) is 19.5. The maximum atomic E-state index is 11.7. The Morgan fingerprint density at radius 1 is 1.42 bits per heavy atom. The molecule has 1 atom stereocenters. The van der Waals surface area contributed by atoms with Crippen molar-refractivity contribution in [1.29, 1.82) is 0 Å². The Labute approximate surface area is 112 Å². The van der Waals surface area contributed by atoms with Gasteiger partial charge in [0, 0.05) is 6.42 Å². The molecule has 1 aliphatic heterocycles. The number of carbonyl (C=O) groups excluding carboxylic acids is 2. The van der Waals surface area contributed by atoms with Crippen molar-refractivity contribution in [3.05, 3.63) is 11.4 Å². The molecule has 1 fully saturated rings. The van der Waals surface area contributed by atoms with Crippen LogP contribution < -0.4 is 16.4 Å². The van der Waals surface area contributed by atoms with Crippen LogP contribution in [0.15, 0.2) is 11.4 Å². The van der Waals surface area contributed by atoms with Crippen LogP contribution in [-0.4, -0.2) is 27.8 Å². The molecular formula is C11H11N5O2S. The van der Waals surface area contributed by atoms with E-state index >= 15 is 0 Å². The molecule has 3 rings (SSSR count). The van der Waals surface area contributed by atoms with Crippen molar-refractivity contribution in [3.63, 3.8) is 0 Å². The topological polar surface area (TPSA) is 110 Å². The molecule has 98 valence electrons. The second kappa shape index (κ2) is 4.47. The molecule has 0 spiro atoms. The van der Waals surface area contributed by atoms with Gasteiger partial charge in [0.15, 0.2) is 0 Å². The van der Waals surface area contributed by atoms with E-state index in [-0.39, 0.29) is 17.8 Å². The molecule has 0 bridgehead atoms. The van der Waals surface area contributed by atoms with E-state index in [0.717, 1.165) is 10.2 Å². The molecule has 2 aromatic rings. The number of aromatic nitrogens is 2. The van der Waals surface area contributed by atoms with Gasteiger partial charge in [-0.2, -0.15) is 4.98 Å². The summed E-state index contributed by atoms with van der Waals surface area (Å²) in [5.74, 6) is 0.103. The van der Waals surface area contributed by atoms with E-state index in [4.69, 9.17) is 5.73 Å². The van der Waals surface area contributed by atoms with Gasteiger partial charge in [0.25, 0.3) is 0 Å². The summed E-state index contributed by atoms with van der Waals surface area (Å²) in [6.45, 7) is 0. The summed E-state index contributed by atoms with van der Waals surface area (Å²) in [5.41, 5.74) is 5.64. The van der Waals surface area contributed by atoms with Crippen LogP contribution in [0.2, 0.25) is 0 Å². The number of amides is 2. The molecule has 0 aliphatic carbocycles. The van der Waals surface area contributed by atoms with E-state index in [9.17, 15) is 9.59 Å². The van der Waals surface area contributed by atoms with Gasteiger partial charge in [-0.25, -0.2) is 4.98 Å². The summed E-state index contributed by atoms with van der Waals surface area (Å²) in [6.07, 6.45) is 0.761. The first-order valence-corrected chi connectivity index (χ1v) is 6.62. The zero-order valence-electron chi connectivity index (χ0n) is 9.84. The summed E-state index contributed by atoms with van der Waals surface area (Å²) in [6, 6.07) is 1.39. The second-order valence-corrected chi connectivity index (χ2v) is 5.11. The van der Waals surface area contributed by atoms with Crippen molar-refractivity contribution in [1.82, 2.24) is 15.3 Å². The van der Waals surface area contributed by atoms with Crippen molar-refractivity contribution >= 4 is 45.1 Å². The number of nitrogens with two attached hydrogens (primary N) is 1. The lowest BCUT2D eigenvalue weighted by molar-refractivity contribution is -0.133. The maximum Gasteiger partial charge on any atom is 0.249 e. The molecule has 7 nitrogen and oxygen atoms in total. The number of imide groups is 1. The van der Waals surface area contributed by atoms with Crippen LogP contribution in [0.3, 0.4) is 0 Å². The molecule has 0 saturated carbocycles. The van der Waals surface area contributed by atoms with Crippen LogP contribution in [0.5, 0.6) is 0 Å². The van der Waals surface area contributed by atoms with Gasteiger partial charge in [-0.1, -0.05) is 0 Å². The first-order chi connectivity index (χ1) is 9.13. The number of thiophene rings is 1. The quantitative estimate of drug-likeness (QED) is 0.689. The van der Waals surface area contributed by atoms with E-state index in [1.807, 2.05) is 11.4 Å². The first kappa shape index (κ1) is 11.8.